The molecule has 0 amide bonds. The lowest BCUT2D eigenvalue weighted by Crippen LogP contribution is -2.00. The quantitative estimate of drug-likeness (QED) is 0.455. The first-order chi connectivity index (χ1) is 13.7. The van der Waals surface area contributed by atoms with E-state index in [0.29, 0.717) is 31.6 Å². The fraction of sp³-hybridized carbons (Fsp3) is 0. The van der Waals surface area contributed by atoms with Crippen molar-refractivity contribution in [1.82, 2.24) is 25.0 Å². The van der Waals surface area contributed by atoms with Gasteiger partial charge in [-0.15, -0.1) is 20.4 Å². The van der Waals surface area contributed by atoms with Gasteiger partial charge in [-0.2, -0.15) is 5.26 Å². The minimum Gasteiger partial charge on any atom is -0.270 e. The molecule has 4 aromatic rings. The van der Waals surface area contributed by atoms with Crippen molar-refractivity contribution in [3.05, 3.63) is 76.4 Å². The lowest BCUT2D eigenvalue weighted by atomic mass is 10.2. The molecule has 0 bridgehead atoms. The van der Waals surface area contributed by atoms with Crippen LogP contribution in [0.5, 0.6) is 0 Å². The summed E-state index contributed by atoms with van der Waals surface area (Å²) < 4.78 is 1.89. The second-order valence-electron chi connectivity index (χ2n) is 5.57. The number of rotatable bonds is 4. The van der Waals surface area contributed by atoms with Crippen LogP contribution in [0.4, 0.5) is 0 Å². The number of nitriles is 1. The van der Waals surface area contributed by atoms with E-state index < -0.39 is 0 Å². The molecular formula is C19H10Cl2N6S. The number of para-hydroxylation sites is 1. The van der Waals surface area contributed by atoms with E-state index in [9.17, 15) is 0 Å². The summed E-state index contributed by atoms with van der Waals surface area (Å²) in [4.78, 5) is 0. The number of nitrogens with zero attached hydrogens (tertiary/aromatic N) is 6. The third kappa shape index (κ3) is 3.71. The summed E-state index contributed by atoms with van der Waals surface area (Å²) in [5, 5.41) is 27.7. The summed E-state index contributed by atoms with van der Waals surface area (Å²) in [5.74, 6) is 0.581. The van der Waals surface area contributed by atoms with E-state index in [-0.39, 0.29) is 5.69 Å². The molecule has 0 aliphatic carbocycles. The Hall–Kier alpha value is -2.92. The standard InChI is InChI=1S/C19H10Cl2N6S/c20-12-6-8-15(16(21)10-12)18-25-26-19(27(18)14-4-2-1-3-5-14)28-17-9-7-13(11-22)23-24-17/h1-10H. The van der Waals surface area contributed by atoms with Gasteiger partial charge >= 0.3 is 0 Å². The maximum absolute atomic E-state index is 8.88. The first kappa shape index (κ1) is 18.4. The Kier molecular flexibility index (Phi) is 5.26. The number of aromatic nitrogens is 5. The molecule has 4 rings (SSSR count). The topological polar surface area (TPSA) is 80.3 Å². The highest BCUT2D eigenvalue weighted by molar-refractivity contribution is 7.99. The van der Waals surface area contributed by atoms with Crippen LogP contribution in [0.25, 0.3) is 17.1 Å². The van der Waals surface area contributed by atoms with Crippen LogP contribution in [0.1, 0.15) is 5.69 Å². The van der Waals surface area contributed by atoms with Gasteiger partial charge in [0.2, 0.25) is 5.16 Å². The zero-order chi connectivity index (χ0) is 19.5. The molecule has 136 valence electrons. The molecule has 0 spiro atoms. The highest BCUT2D eigenvalue weighted by atomic mass is 35.5. The van der Waals surface area contributed by atoms with E-state index in [4.69, 9.17) is 28.5 Å². The summed E-state index contributed by atoms with van der Waals surface area (Å²) in [6.07, 6.45) is 0. The summed E-state index contributed by atoms with van der Waals surface area (Å²) in [6.45, 7) is 0. The molecule has 2 aromatic carbocycles. The van der Waals surface area contributed by atoms with Crippen LogP contribution >= 0.6 is 35.0 Å². The monoisotopic (exact) mass is 424 g/mol. The third-order valence-corrected chi connectivity index (χ3v) is 5.19. The second kappa shape index (κ2) is 7.98. The highest BCUT2D eigenvalue weighted by Crippen LogP contribution is 2.34. The smallest absolute Gasteiger partial charge is 0.202 e. The molecule has 0 N–H and O–H groups in total. The molecule has 9 heteroatoms. The lowest BCUT2D eigenvalue weighted by Gasteiger charge is -2.11. The minimum atomic E-state index is 0.252. The number of hydrogen-bond donors (Lipinski definition) is 0. The van der Waals surface area contributed by atoms with Crippen molar-refractivity contribution in [2.45, 2.75) is 10.2 Å². The predicted octanol–water partition coefficient (Wildman–Crippen LogP) is 5.05. The van der Waals surface area contributed by atoms with E-state index >= 15 is 0 Å². The van der Waals surface area contributed by atoms with Crippen LogP contribution in [0, 0.1) is 11.3 Å². The molecule has 0 atom stereocenters. The van der Waals surface area contributed by atoms with E-state index in [2.05, 4.69) is 20.4 Å². The fourth-order valence-electron chi connectivity index (χ4n) is 2.52. The Bertz CT molecular complexity index is 1170. The lowest BCUT2D eigenvalue weighted by molar-refractivity contribution is 0.868. The van der Waals surface area contributed by atoms with Gasteiger partial charge in [0.05, 0.1) is 5.02 Å². The molecule has 0 saturated heterocycles. The van der Waals surface area contributed by atoms with Crippen LogP contribution in [-0.4, -0.2) is 25.0 Å². The molecule has 0 radical (unpaired) electrons. The van der Waals surface area contributed by atoms with Crippen LogP contribution in [0.15, 0.2) is 70.8 Å². The Morgan fingerprint density at radius 1 is 0.893 bits per heavy atom. The number of benzene rings is 2. The second-order valence-corrected chi connectivity index (χ2v) is 7.40. The summed E-state index contributed by atoms with van der Waals surface area (Å²) >= 11 is 13.7. The first-order valence-corrected chi connectivity index (χ1v) is 9.61. The average molecular weight is 425 g/mol. The summed E-state index contributed by atoms with van der Waals surface area (Å²) in [6, 6.07) is 20.2. The van der Waals surface area contributed by atoms with Gasteiger partial charge in [0.1, 0.15) is 11.1 Å². The summed E-state index contributed by atoms with van der Waals surface area (Å²) in [7, 11) is 0. The molecule has 0 saturated carbocycles. The van der Waals surface area contributed by atoms with Crippen molar-refractivity contribution in [2.75, 3.05) is 0 Å². The largest absolute Gasteiger partial charge is 0.270 e. The van der Waals surface area contributed by atoms with Crippen molar-refractivity contribution in [3.8, 4) is 23.1 Å². The minimum absolute atomic E-state index is 0.252. The van der Waals surface area contributed by atoms with E-state index in [1.165, 1.54) is 11.8 Å². The van der Waals surface area contributed by atoms with E-state index in [0.717, 1.165) is 5.69 Å². The zero-order valence-electron chi connectivity index (χ0n) is 14.1. The van der Waals surface area contributed by atoms with Gasteiger partial charge in [-0.05, 0) is 54.2 Å². The third-order valence-electron chi connectivity index (χ3n) is 3.77. The summed E-state index contributed by atoms with van der Waals surface area (Å²) in [5.41, 5.74) is 1.83. The van der Waals surface area contributed by atoms with Gasteiger partial charge in [-0.1, -0.05) is 41.4 Å². The van der Waals surface area contributed by atoms with Gasteiger partial charge in [0.15, 0.2) is 11.5 Å². The molecule has 28 heavy (non-hydrogen) atoms. The van der Waals surface area contributed by atoms with Crippen molar-refractivity contribution in [2.24, 2.45) is 0 Å². The van der Waals surface area contributed by atoms with Gasteiger partial charge in [0.25, 0.3) is 0 Å². The number of halogens is 2. The van der Waals surface area contributed by atoms with Crippen LogP contribution in [-0.2, 0) is 0 Å². The molecular weight excluding hydrogens is 415 g/mol. The fourth-order valence-corrected chi connectivity index (χ4v) is 3.78. The van der Waals surface area contributed by atoms with Crippen molar-refractivity contribution in [1.29, 1.82) is 5.26 Å². The molecule has 0 fully saturated rings. The van der Waals surface area contributed by atoms with Crippen molar-refractivity contribution in [3.63, 3.8) is 0 Å². The van der Waals surface area contributed by atoms with Crippen molar-refractivity contribution >= 4 is 35.0 Å². The molecule has 0 aliphatic heterocycles. The Labute approximate surface area is 174 Å². The van der Waals surface area contributed by atoms with Crippen molar-refractivity contribution < 1.29 is 0 Å². The molecule has 0 aliphatic rings. The SMILES string of the molecule is N#Cc1ccc(Sc2nnc(-c3ccc(Cl)cc3Cl)n2-c2ccccc2)nn1. The van der Waals surface area contributed by atoms with Crippen LogP contribution < -0.4 is 0 Å². The maximum atomic E-state index is 8.88. The Morgan fingerprint density at radius 3 is 2.39 bits per heavy atom. The molecule has 2 aromatic heterocycles. The van der Waals surface area contributed by atoms with Crippen LogP contribution in [0.3, 0.4) is 0 Å². The average Bonchev–Trinajstić information content (AvgIpc) is 3.12. The molecule has 2 heterocycles. The molecule has 0 unspecified atom stereocenters. The van der Waals surface area contributed by atoms with Gasteiger partial charge in [-0.25, -0.2) is 0 Å². The van der Waals surface area contributed by atoms with Crippen LogP contribution in [0.2, 0.25) is 10.0 Å². The van der Waals surface area contributed by atoms with E-state index in [1.54, 1.807) is 24.3 Å². The van der Waals surface area contributed by atoms with Gasteiger partial charge in [0, 0.05) is 16.3 Å². The van der Waals surface area contributed by atoms with E-state index in [1.807, 2.05) is 47.0 Å². The molecule has 6 nitrogen and oxygen atoms in total. The maximum Gasteiger partial charge on any atom is 0.202 e. The predicted molar refractivity (Wildman–Crippen MR) is 108 cm³/mol. The highest BCUT2D eigenvalue weighted by Gasteiger charge is 2.19. The van der Waals surface area contributed by atoms with Gasteiger partial charge < -0.3 is 0 Å². The normalized spacial score (nSPS) is 10.6. The van der Waals surface area contributed by atoms with Gasteiger partial charge in [-0.3, -0.25) is 4.57 Å². The Morgan fingerprint density at radius 2 is 1.71 bits per heavy atom. The zero-order valence-corrected chi connectivity index (χ0v) is 16.4. The number of hydrogen-bond acceptors (Lipinski definition) is 6. The Balaban J connectivity index is 1.83. The first-order valence-electron chi connectivity index (χ1n) is 8.03.